The molecule has 1 aromatic heterocycles. The molecule has 1 heterocycles. The third-order valence-electron chi connectivity index (χ3n) is 3.37. The summed E-state index contributed by atoms with van der Waals surface area (Å²) in [7, 11) is 1.90. The molecule has 0 saturated heterocycles. The monoisotopic (exact) mass is 296 g/mol. The summed E-state index contributed by atoms with van der Waals surface area (Å²) in [6, 6.07) is 2.59. The van der Waals surface area contributed by atoms with Crippen LogP contribution in [0.15, 0.2) is 11.2 Å². The van der Waals surface area contributed by atoms with Gasteiger partial charge in [0.1, 0.15) is 11.6 Å². The van der Waals surface area contributed by atoms with E-state index in [1.54, 1.807) is 11.8 Å². The van der Waals surface area contributed by atoms with Crippen molar-refractivity contribution in [2.45, 2.75) is 51.7 Å². The summed E-state index contributed by atoms with van der Waals surface area (Å²) in [6.45, 7) is 10.0. The molecule has 0 atom stereocenters. The van der Waals surface area contributed by atoms with Crippen LogP contribution in [-0.2, 0) is 0 Å². The average Bonchev–Trinajstić information content (AvgIpc) is 2.46. The molecule has 4 nitrogen and oxygen atoms in total. The van der Waals surface area contributed by atoms with Crippen LogP contribution >= 0.6 is 11.8 Å². The maximum atomic E-state index is 4.71. The van der Waals surface area contributed by atoms with E-state index < -0.39 is 0 Å². The molecule has 0 spiro atoms. The van der Waals surface area contributed by atoms with Gasteiger partial charge in [0.25, 0.3) is 0 Å². The fourth-order valence-corrected chi connectivity index (χ4v) is 2.71. The van der Waals surface area contributed by atoms with Crippen LogP contribution in [0.3, 0.4) is 0 Å². The van der Waals surface area contributed by atoms with Crippen LogP contribution in [0.4, 0.5) is 11.6 Å². The van der Waals surface area contributed by atoms with Crippen LogP contribution in [0, 0.1) is 5.92 Å². The fraction of sp³-hybridized carbons (Fsp3) is 0.733. The number of hydrogen-bond acceptors (Lipinski definition) is 5. The van der Waals surface area contributed by atoms with E-state index in [2.05, 4.69) is 49.0 Å². The molecule has 0 aromatic carbocycles. The molecule has 0 unspecified atom stereocenters. The van der Waals surface area contributed by atoms with Crippen molar-refractivity contribution in [3.8, 4) is 0 Å². The largest absolute Gasteiger partial charge is 0.373 e. The number of nitrogens with one attached hydrogen (secondary N) is 1. The minimum Gasteiger partial charge on any atom is -0.373 e. The van der Waals surface area contributed by atoms with E-state index in [-0.39, 0.29) is 0 Å². The molecule has 0 aliphatic heterocycles. The maximum Gasteiger partial charge on any atom is 0.191 e. The number of anilines is 2. The standard InChI is InChI=1S/C15H28N4S/c1-7-12(8-2)19(10-11(3)4)14-9-13(16-5)17-15(18-14)20-6/h9,11-12H,7-8,10H2,1-6H3,(H,16,17,18). The summed E-state index contributed by atoms with van der Waals surface area (Å²) in [4.78, 5) is 11.6. The highest BCUT2D eigenvalue weighted by Gasteiger charge is 2.19. The van der Waals surface area contributed by atoms with Gasteiger partial charge in [-0.2, -0.15) is 0 Å². The van der Waals surface area contributed by atoms with Gasteiger partial charge in [-0.3, -0.25) is 0 Å². The zero-order valence-corrected chi connectivity index (χ0v) is 14.4. The summed E-state index contributed by atoms with van der Waals surface area (Å²) < 4.78 is 0. The molecule has 1 aromatic rings. The summed E-state index contributed by atoms with van der Waals surface area (Å²) in [6.07, 6.45) is 4.29. The molecule has 0 aliphatic carbocycles. The zero-order chi connectivity index (χ0) is 15.1. The Kier molecular flexibility index (Phi) is 7.13. The van der Waals surface area contributed by atoms with Gasteiger partial charge < -0.3 is 10.2 Å². The molecular weight excluding hydrogens is 268 g/mol. The summed E-state index contributed by atoms with van der Waals surface area (Å²) in [5, 5.41) is 3.96. The highest BCUT2D eigenvalue weighted by Crippen LogP contribution is 2.24. The Hall–Kier alpha value is -0.970. The number of rotatable bonds is 8. The van der Waals surface area contributed by atoms with E-state index in [0.717, 1.165) is 36.2 Å². The van der Waals surface area contributed by atoms with Crippen LogP contribution in [-0.4, -0.2) is 35.9 Å². The molecule has 114 valence electrons. The van der Waals surface area contributed by atoms with Crippen LogP contribution < -0.4 is 10.2 Å². The Labute approximate surface area is 127 Å². The van der Waals surface area contributed by atoms with E-state index in [0.29, 0.717) is 12.0 Å². The molecule has 20 heavy (non-hydrogen) atoms. The number of hydrogen-bond donors (Lipinski definition) is 1. The molecule has 0 saturated carbocycles. The Morgan fingerprint density at radius 2 is 1.90 bits per heavy atom. The van der Waals surface area contributed by atoms with E-state index in [4.69, 9.17) is 4.98 Å². The van der Waals surface area contributed by atoms with Crippen molar-refractivity contribution in [3.63, 3.8) is 0 Å². The minimum absolute atomic E-state index is 0.534. The van der Waals surface area contributed by atoms with Crippen LogP contribution in [0.2, 0.25) is 0 Å². The first-order valence-corrected chi connectivity index (χ1v) is 8.65. The first-order valence-electron chi connectivity index (χ1n) is 7.43. The Morgan fingerprint density at radius 1 is 1.25 bits per heavy atom. The molecule has 0 amide bonds. The van der Waals surface area contributed by atoms with Crippen molar-refractivity contribution in [3.05, 3.63) is 6.07 Å². The molecule has 0 fully saturated rings. The Bertz CT molecular complexity index is 383. The van der Waals surface area contributed by atoms with Gasteiger partial charge in [-0.25, -0.2) is 9.97 Å². The lowest BCUT2D eigenvalue weighted by Gasteiger charge is -2.33. The zero-order valence-electron chi connectivity index (χ0n) is 13.6. The SMILES string of the molecule is CCC(CC)N(CC(C)C)c1cc(NC)nc(SC)n1. The van der Waals surface area contributed by atoms with Gasteiger partial charge in [0.2, 0.25) is 0 Å². The molecule has 5 heteroatoms. The minimum atomic E-state index is 0.534. The quantitative estimate of drug-likeness (QED) is 0.582. The fourth-order valence-electron chi connectivity index (χ4n) is 2.33. The van der Waals surface area contributed by atoms with Crippen molar-refractivity contribution in [2.75, 3.05) is 30.1 Å². The summed E-state index contributed by atoms with van der Waals surface area (Å²) in [5.74, 6) is 2.54. The highest BCUT2D eigenvalue weighted by molar-refractivity contribution is 7.98. The molecule has 0 bridgehead atoms. The molecule has 0 aliphatic rings. The first kappa shape index (κ1) is 17.1. The first-order chi connectivity index (χ1) is 9.55. The number of thioether (sulfide) groups is 1. The third kappa shape index (κ3) is 4.54. The van der Waals surface area contributed by atoms with Crippen LogP contribution in [0.5, 0.6) is 0 Å². The van der Waals surface area contributed by atoms with Crippen LogP contribution in [0.1, 0.15) is 40.5 Å². The Balaban J connectivity index is 3.17. The van der Waals surface area contributed by atoms with E-state index >= 15 is 0 Å². The van der Waals surface area contributed by atoms with Crippen molar-refractivity contribution >= 4 is 23.4 Å². The van der Waals surface area contributed by atoms with Gasteiger partial charge in [0.15, 0.2) is 5.16 Å². The molecule has 1 rings (SSSR count). The second-order valence-electron chi connectivity index (χ2n) is 5.36. The van der Waals surface area contributed by atoms with Gasteiger partial charge in [0, 0.05) is 25.7 Å². The third-order valence-corrected chi connectivity index (χ3v) is 3.92. The highest BCUT2D eigenvalue weighted by atomic mass is 32.2. The second-order valence-corrected chi connectivity index (χ2v) is 6.14. The van der Waals surface area contributed by atoms with Gasteiger partial charge in [-0.1, -0.05) is 39.5 Å². The van der Waals surface area contributed by atoms with E-state index in [1.165, 1.54) is 0 Å². The van der Waals surface area contributed by atoms with Crippen molar-refractivity contribution in [1.29, 1.82) is 0 Å². The average molecular weight is 296 g/mol. The molecule has 1 N–H and O–H groups in total. The van der Waals surface area contributed by atoms with Gasteiger partial charge in [0.05, 0.1) is 0 Å². The maximum absolute atomic E-state index is 4.71. The van der Waals surface area contributed by atoms with E-state index in [1.807, 2.05) is 13.3 Å². The normalized spacial score (nSPS) is 11.2. The van der Waals surface area contributed by atoms with Crippen molar-refractivity contribution in [2.24, 2.45) is 5.92 Å². The number of aromatic nitrogens is 2. The lowest BCUT2D eigenvalue weighted by molar-refractivity contribution is 0.501. The lowest BCUT2D eigenvalue weighted by atomic mass is 10.1. The Morgan fingerprint density at radius 3 is 2.35 bits per heavy atom. The smallest absolute Gasteiger partial charge is 0.191 e. The lowest BCUT2D eigenvalue weighted by Crippen LogP contribution is -2.38. The second kappa shape index (κ2) is 8.35. The predicted octanol–water partition coefficient (Wildman–Crippen LogP) is 3.89. The number of nitrogens with zero attached hydrogens (tertiary/aromatic N) is 3. The predicted molar refractivity (Wildman–Crippen MR) is 89.9 cm³/mol. The summed E-state index contributed by atoms with van der Waals surface area (Å²) >= 11 is 1.59. The van der Waals surface area contributed by atoms with E-state index in [9.17, 15) is 0 Å². The van der Waals surface area contributed by atoms with Gasteiger partial charge in [-0.05, 0) is 25.0 Å². The molecule has 0 radical (unpaired) electrons. The van der Waals surface area contributed by atoms with Crippen molar-refractivity contribution in [1.82, 2.24) is 9.97 Å². The van der Waals surface area contributed by atoms with Crippen molar-refractivity contribution < 1.29 is 0 Å². The summed E-state index contributed by atoms with van der Waals surface area (Å²) in [5.41, 5.74) is 0. The topological polar surface area (TPSA) is 41.0 Å². The molecular formula is C15H28N4S. The van der Waals surface area contributed by atoms with Crippen LogP contribution in [0.25, 0.3) is 0 Å². The van der Waals surface area contributed by atoms with Gasteiger partial charge in [-0.15, -0.1) is 0 Å². The van der Waals surface area contributed by atoms with Gasteiger partial charge >= 0.3 is 0 Å².